The normalized spacial score (nSPS) is 26.7. The van der Waals surface area contributed by atoms with E-state index in [1.807, 2.05) is 4.90 Å². The Balaban J connectivity index is 1.93. The summed E-state index contributed by atoms with van der Waals surface area (Å²) in [6, 6.07) is 0.202. The van der Waals surface area contributed by atoms with Gasteiger partial charge in [0, 0.05) is 44.1 Å². The Labute approximate surface area is 132 Å². The number of aliphatic hydroxyl groups is 1. The highest BCUT2D eigenvalue weighted by Gasteiger charge is 2.38. The van der Waals surface area contributed by atoms with Crippen LogP contribution in [-0.4, -0.2) is 54.1 Å². The number of nitrogens with two attached hydrogens (primary N) is 1. The number of piperidine rings is 1. The molecule has 2 fully saturated rings. The van der Waals surface area contributed by atoms with E-state index in [1.165, 1.54) is 0 Å². The van der Waals surface area contributed by atoms with E-state index in [9.17, 15) is 9.59 Å². The smallest absolute Gasteiger partial charge is 0.226 e. The summed E-state index contributed by atoms with van der Waals surface area (Å²) in [7, 11) is 0. The molecule has 1 aliphatic heterocycles. The second-order valence-corrected chi connectivity index (χ2v) is 6.53. The first-order valence-corrected chi connectivity index (χ1v) is 8.56. The Morgan fingerprint density at radius 3 is 2.36 bits per heavy atom. The van der Waals surface area contributed by atoms with E-state index in [2.05, 4.69) is 5.32 Å². The lowest BCUT2D eigenvalue weighted by Crippen LogP contribution is -2.49. The van der Waals surface area contributed by atoms with Gasteiger partial charge in [0.2, 0.25) is 11.8 Å². The Kier molecular flexibility index (Phi) is 6.64. The number of nitrogens with zero attached hydrogens (tertiary/aromatic N) is 1. The summed E-state index contributed by atoms with van der Waals surface area (Å²) >= 11 is 0. The van der Waals surface area contributed by atoms with Crippen LogP contribution in [0.15, 0.2) is 0 Å². The molecular formula is C16H29N3O3. The van der Waals surface area contributed by atoms with Gasteiger partial charge >= 0.3 is 0 Å². The average molecular weight is 311 g/mol. The van der Waals surface area contributed by atoms with Crippen molar-refractivity contribution in [2.45, 2.75) is 51.0 Å². The third-order valence-electron chi connectivity index (χ3n) is 4.91. The highest BCUT2D eigenvalue weighted by atomic mass is 16.3. The number of likely N-dealkylation sites (tertiary alicyclic amines) is 1. The summed E-state index contributed by atoms with van der Waals surface area (Å²) in [4.78, 5) is 27.0. The Morgan fingerprint density at radius 1 is 1.09 bits per heavy atom. The van der Waals surface area contributed by atoms with Gasteiger partial charge in [0.15, 0.2) is 0 Å². The molecule has 2 rings (SSSR count). The standard InChI is InChI=1S/C16H29N3O3/c17-12-6-9-19(10-7-12)16(22)14-5-2-1-4-13(14)15(21)18-8-3-11-20/h12-14,20H,1-11,17H2,(H,18,21). The van der Waals surface area contributed by atoms with E-state index in [0.29, 0.717) is 13.0 Å². The van der Waals surface area contributed by atoms with Gasteiger partial charge in [-0.2, -0.15) is 0 Å². The fourth-order valence-corrected chi connectivity index (χ4v) is 3.52. The molecule has 2 atom stereocenters. The van der Waals surface area contributed by atoms with Gasteiger partial charge in [0.1, 0.15) is 0 Å². The van der Waals surface area contributed by atoms with Crippen LogP contribution in [0.25, 0.3) is 0 Å². The van der Waals surface area contributed by atoms with Crippen LogP contribution in [0.4, 0.5) is 0 Å². The van der Waals surface area contributed by atoms with Gasteiger partial charge in [-0.3, -0.25) is 9.59 Å². The summed E-state index contributed by atoms with van der Waals surface area (Å²) in [6.07, 6.45) is 5.88. The first-order chi connectivity index (χ1) is 10.6. The van der Waals surface area contributed by atoms with Crippen LogP contribution in [-0.2, 0) is 9.59 Å². The van der Waals surface area contributed by atoms with E-state index < -0.39 is 0 Å². The minimum atomic E-state index is -0.212. The lowest BCUT2D eigenvalue weighted by Gasteiger charge is -2.37. The molecule has 1 saturated heterocycles. The number of aliphatic hydroxyl groups excluding tert-OH is 1. The van der Waals surface area contributed by atoms with Gasteiger partial charge < -0.3 is 21.1 Å². The van der Waals surface area contributed by atoms with Crippen LogP contribution in [0.3, 0.4) is 0 Å². The fraction of sp³-hybridized carbons (Fsp3) is 0.875. The predicted molar refractivity (Wildman–Crippen MR) is 83.9 cm³/mol. The lowest BCUT2D eigenvalue weighted by molar-refractivity contribution is -0.144. The molecule has 0 radical (unpaired) electrons. The van der Waals surface area contributed by atoms with Gasteiger partial charge in [-0.1, -0.05) is 12.8 Å². The Morgan fingerprint density at radius 2 is 1.73 bits per heavy atom. The minimum Gasteiger partial charge on any atom is -0.396 e. The number of amides is 2. The van der Waals surface area contributed by atoms with Gasteiger partial charge in [0.25, 0.3) is 0 Å². The van der Waals surface area contributed by atoms with Crippen molar-refractivity contribution >= 4 is 11.8 Å². The van der Waals surface area contributed by atoms with E-state index in [1.54, 1.807) is 0 Å². The maximum Gasteiger partial charge on any atom is 0.226 e. The molecule has 1 aliphatic carbocycles. The van der Waals surface area contributed by atoms with Crippen LogP contribution < -0.4 is 11.1 Å². The molecule has 2 amide bonds. The second-order valence-electron chi connectivity index (χ2n) is 6.53. The van der Waals surface area contributed by atoms with Crippen molar-refractivity contribution in [3.63, 3.8) is 0 Å². The fourth-order valence-electron chi connectivity index (χ4n) is 3.52. The van der Waals surface area contributed by atoms with Crippen LogP contribution in [0, 0.1) is 11.8 Å². The van der Waals surface area contributed by atoms with Crippen LogP contribution in [0.1, 0.15) is 44.9 Å². The minimum absolute atomic E-state index is 0.0276. The quantitative estimate of drug-likeness (QED) is 0.634. The number of hydrogen-bond donors (Lipinski definition) is 3. The van der Waals surface area contributed by atoms with Gasteiger partial charge in [-0.25, -0.2) is 0 Å². The van der Waals surface area contributed by atoms with Crippen molar-refractivity contribution in [2.75, 3.05) is 26.2 Å². The maximum atomic E-state index is 12.8. The van der Waals surface area contributed by atoms with Gasteiger partial charge in [0.05, 0.1) is 0 Å². The van der Waals surface area contributed by atoms with Crippen molar-refractivity contribution in [1.82, 2.24) is 10.2 Å². The van der Waals surface area contributed by atoms with Crippen molar-refractivity contribution in [1.29, 1.82) is 0 Å². The molecule has 1 heterocycles. The highest BCUT2D eigenvalue weighted by Crippen LogP contribution is 2.32. The van der Waals surface area contributed by atoms with Gasteiger partial charge in [-0.05, 0) is 32.1 Å². The third-order valence-corrected chi connectivity index (χ3v) is 4.91. The summed E-state index contributed by atoms with van der Waals surface area (Å²) in [5.74, 6) is -0.290. The predicted octanol–water partition coefficient (Wildman–Crippen LogP) is 0.241. The Bertz CT molecular complexity index is 381. The van der Waals surface area contributed by atoms with Gasteiger partial charge in [-0.15, -0.1) is 0 Å². The summed E-state index contributed by atoms with van der Waals surface area (Å²) in [5, 5.41) is 11.7. The number of carbonyl (C=O) groups excluding carboxylic acids is 2. The molecular weight excluding hydrogens is 282 g/mol. The second kappa shape index (κ2) is 8.48. The summed E-state index contributed by atoms with van der Waals surface area (Å²) in [6.45, 7) is 1.98. The number of hydrogen-bond acceptors (Lipinski definition) is 4. The molecule has 0 aromatic rings. The van der Waals surface area contributed by atoms with Crippen molar-refractivity contribution < 1.29 is 14.7 Å². The highest BCUT2D eigenvalue weighted by molar-refractivity contribution is 5.88. The third kappa shape index (κ3) is 4.43. The molecule has 22 heavy (non-hydrogen) atoms. The largest absolute Gasteiger partial charge is 0.396 e. The van der Waals surface area contributed by atoms with Crippen molar-refractivity contribution in [3.8, 4) is 0 Å². The molecule has 0 aromatic heterocycles. The number of rotatable bonds is 5. The zero-order valence-corrected chi connectivity index (χ0v) is 13.3. The van der Waals surface area contributed by atoms with E-state index >= 15 is 0 Å². The van der Waals surface area contributed by atoms with E-state index in [0.717, 1.165) is 51.6 Å². The summed E-state index contributed by atoms with van der Waals surface area (Å²) in [5.41, 5.74) is 5.90. The van der Waals surface area contributed by atoms with Crippen molar-refractivity contribution in [2.24, 2.45) is 17.6 Å². The maximum absolute atomic E-state index is 12.8. The van der Waals surface area contributed by atoms with Crippen LogP contribution in [0.2, 0.25) is 0 Å². The lowest BCUT2D eigenvalue weighted by atomic mass is 9.77. The van der Waals surface area contributed by atoms with E-state index in [-0.39, 0.29) is 36.3 Å². The zero-order valence-electron chi connectivity index (χ0n) is 13.3. The van der Waals surface area contributed by atoms with Crippen LogP contribution in [0.5, 0.6) is 0 Å². The molecule has 0 bridgehead atoms. The van der Waals surface area contributed by atoms with Crippen LogP contribution >= 0.6 is 0 Å². The molecule has 1 saturated carbocycles. The molecule has 0 aromatic carbocycles. The first kappa shape index (κ1) is 17.2. The first-order valence-electron chi connectivity index (χ1n) is 8.56. The summed E-state index contributed by atoms with van der Waals surface area (Å²) < 4.78 is 0. The molecule has 126 valence electrons. The molecule has 6 heteroatoms. The monoisotopic (exact) mass is 311 g/mol. The van der Waals surface area contributed by atoms with E-state index in [4.69, 9.17) is 10.8 Å². The number of nitrogens with one attached hydrogen (secondary N) is 1. The molecule has 6 nitrogen and oxygen atoms in total. The number of carbonyl (C=O) groups is 2. The Hall–Kier alpha value is -1.14. The average Bonchev–Trinajstić information content (AvgIpc) is 2.55. The molecule has 4 N–H and O–H groups in total. The molecule has 2 aliphatic rings. The van der Waals surface area contributed by atoms with Crippen molar-refractivity contribution in [3.05, 3.63) is 0 Å². The molecule has 2 unspecified atom stereocenters. The zero-order chi connectivity index (χ0) is 15.9. The molecule has 0 spiro atoms. The topological polar surface area (TPSA) is 95.7 Å². The SMILES string of the molecule is NC1CCN(C(=O)C2CCCCC2C(=O)NCCCO)CC1.